The van der Waals surface area contributed by atoms with Crippen LogP contribution in [0.5, 0.6) is 0 Å². The van der Waals surface area contributed by atoms with E-state index in [1.807, 2.05) is 6.07 Å². The minimum atomic E-state index is -0.173. The van der Waals surface area contributed by atoms with E-state index in [0.717, 1.165) is 31.2 Å². The zero-order valence-corrected chi connectivity index (χ0v) is 14.3. The van der Waals surface area contributed by atoms with Crippen LogP contribution in [0.1, 0.15) is 56.7 Å². The van der Waals surface area contributed by atoms with Gasteiger partial charge in [-0.2, -0.15) is 0 Å². The first kappa shape index (κ1) is 15.8. The van der Waals surface area contributed by atoms with Crippen molar-refractivity contribution < 1.29 is 4.79 Å². The van der Waals surface area contributed by atoms with Crippen molar-refractivity contribution in [3.63, 3.8) is 0 Å². The Hall–Kier alpha value is -2.09. The van der Waals surface area contributed by atoms with Crippen molar-refractivity contribution in [1.29, 1.82) is 0 Å². The van der Waals surface area contributed by atoms with Gasteiger partial charge in [0.15, 0.2) is 0 Å². The minimum Gasteiger partial charge on any atom is -0.357 e. The Balaban J connectivity index is 2.25. The second-order valence-electron chi connectivity index (χ2n) is 6.61. The van der Waals surface area contributed by atoms with Crippen molar-refractivity contribution in [2.24, 2.45) is 0 Å². The Labute approximate surface area is 139 Å². The highest BCUT2D eigenvalue weighted by atomic mass is 16.1. The summed E-state index contributed by atoms with van der Waals surface area (Å²) in [5.41, 5.74) is 6.24. The summed E-state index contributed by atoms with van der Waals surface area (Å²) in [5.74, 6) is 0.457. The monoisotopic (exact) mass is 307 g/mol. The number of hydrogen-bond donors (Lipinski definition) is 0. The normalized spacial score (nSPS) is 16.2. The fourth-order valence-electron chi connectivity index (χ4n) is 3.61. The molecular weight excluding hydrogens is 282 g/mol. The lowest BCUT2D eigenvalue weighted by atomic mass is 9.83. The van der Waals surface area contributed by atoms with Gasteiger partial charge in [0.2, 0.25) is 0 Å². The fraction of sp³-hybridized carbons (Fsp3) is 0.381. The molecule has 3 rings (SSSR count). The van der Waals surface area contributed by atoms with E-state index in [-0.39, 0.29) is 6.04 Å². The second-order valence-corrected chi connectivity index (χ2v) is 6.61. The van der Waals surface area contributed by atoms with Crippen LogP contribution in [0, 0.1) is 0 Å². The van der Waals surface area contributed by atoms with E-state index in [9.17, 15) is 4.79 Å². The zero-order valence-electron chi connectivity index (χ0n) is 14.3. The summed E-state index contributed by atoms with van der Waals surface area (Å²) < 4.78 is 0. The molecule has 1 heterocycles. The molecule has 0 aromatic heterocycles. The molecule has 0 aliphatic carbocycles. The summed E-state index contributed by atoms with van der Waals surface area (Å²) in [6, 6.07) is 14.7. The molecule has 0 fully saturated rings. The quantitative estimate of drug-likeness (QED) is 0.695. The van der Waals surface area contributed by atoms with Crippen LogP contribution in [0.25, 0.3) is 11.1 Å². The van der Waals surface area contributed by atoms with Crippen molar-refractivity contribution in [1.82, 2.24) is 0 Å². The Morgan fingerprint density at radius 1 is 1.13 bits per heavy atom. The summed E-state index contributed by atoms with van der Waals surface area (Å²) in [6.07, 6.45) is 3.32. The average Bonchev–Trinajstić information content (AvgIpc) is 2.58. The number of hydrogen-bond acceptors (Lipinski definition) is 2. The van der Waals surface area contributed by atoms with Gasteiger partial charge in [0.25, 0.3) is 0 Å². The van der Waals surface area contributed by atoms with Gasteiger partial charge >= 0.3 is 0 Å². The predicted molar refractivity (Wildman–Crippen MR) is 97.0 cm³/mol. The molecule has 0 saturated carbocycles. The summed E-state index contributed by atoms with van der Waals surface area (Å²) in [5, 5.41) is 0. The average molecular weight is 307 g/mol. The van der Waals surface area contributed by atoms with Gasteiger partial charge in [-0.25, -0.2) is 0 Å². The first-order chi connectivity index (χ1) is 11.2. The summed E-state index contributed by atoms with van der Waals surface area (Å²) >= 11 is 0. The molecule has 120 valence electrons. The molecule has 1 aliphatic rings. The Kier molecular flexibility index (Phi) is 4.51. The zero-order chi connectivity index (χ0) is 16.4. The van der Waals surface area contributed by atoms with E-state index in [1.54, 1.807) is 0 Å². The van der Waals surface area contributed by atoms with Gasteiger partial charge in [0.1, 0.15) is 12.3 Å². The molecular formula is C21H25NO. The molecule has 1 aliphatic heterocycles. The molecule has 0 amide bonds. The van der Waals surface area contributed by atoms with Crippen LogP contribution in [0.3, 0.4) is 0 Å². The predicted octanol–water partition coefficient (Wildman–Crippen LogP) is 5.34. The van der Waals surface area contributed by atoms with Gasteiger partial charge in [-0.05, 0) is 35.1 Å². The lowest BCUT2D eigenvalue weighted by molar-refractivity contribution is -0.109. The molecule has 2 heteroatoms. The van der Waals surface area contributed by atoms with Crippen molar-refractivity contribution in [2.75, 3.05) is 11.4 Å². The maximum atomic E-state index is 11.9. The SMILES string of the molecule is CCCCN1c2cccc(C(C)C)c2-c2ccccc2C1C=O. The Morgan fingerprint density at radius 3 is 2.61 bits per heavy atom. The number of fused-ring (bicyclic) bond motifs is 3. The van der Waals surface area contributed by atoms with Crippen molar-refractivity contribution in [2.45, 2.75) is 45.6 Å². The number of anilines is 1. The van der Waals surface area contributed by atoms with E-state index in [2.05, 4.69) is 62.1 Å². The molecule has 1 unspecified atom stereocenters. The summed E-state index contributed by atoms with van der Waals surface area (Å²) in [7, 11) is 0. The lowest BCUT2D eigenvalue weighted by Crippen LogP contribution is -2.34. The Bertz CT molecular complexity index is 705. The van der Waals surface area contributed by atoms with Crippen LogP contribution < -0.4 is 4.90 Å². The number of unbranched alkanes of at least 4 members (excludes halogenated alkanes) is 1. The van der Waals surface area contributed by atoms with E-state index >= 15 is 0 Å². The third-order valence-corrected chi connectivity index (χ3v) is 4.77. The van der Waals surface area contributed by atoms with Gasteiger partial charge in [-0.15, -0.1) is 0 Å². The molecule has 2 aromatic carbocycles. The smallest absolute Gasteiger partial charge is 0.147 e. The van der Waals surface area contributed by atoms with Crippen LogP contribution in [0.15, 0.2) is 42.5 Å². The van der Waals surface area contributed by atoms with Crippen molar-refractivity contribution >= 4 is 12.0 Å². The highest BCUT2D eigenvalue weighted by molar-refractivity contribution is 5.91. The van der Waals surface area contributed by atoms with Gasteiger partial charge in [0.05, 0.1) is 0 Å². The summed E-state index contributed by atoms with van der Waals surface area (Å²) in [6.45, 7) is 7.59. The van der Waals surface area contributed by atoms with E-state index in [0.29, 0.717) is 5.92 Å². The third kappa shape index (κ3) is 2.67. The molecule has 2 nitrogen and oxygen atoms in total. The molecule has 0 N–H and O–H groups in total. The van der Waals surface area contributed by atoms with Crippen molar-refractivity contribution in [3.05, 3.63) is 53.6 Å². The number of rotatable bonds is 5. The van der Waals surface area contributed by atoms with Crippen LogP contribution >= 0.6 is 0 Å². The van der Waals surface area contributed by atoms with Gasteiger partial charge in [-0.1, -0.05) is 63.6 Å². The third-order valence-electron chi connectivity index (χ3n) is 4.77. The van der Waals surface area contributed by atoms with E-state index in [1.165, 1.54) is 22.4 Å². The maximum absolute atomic E-state index is 11.9. The van der Waals surface area contributed by atoms with Crippen LogP contribution in [-0.2, 0) is 4.79 Å². The number of carbonyl (C=O) groups is 1. The topological polar surface area (TPSA) is 20.3 Å². The van der Waals surface area contributed by atoms with E-state index < -0.39 is 0 Å². The molecule has 2 aromatic rings. The molecule has 0 saturated heterocycles. The lowest BCUT2D eigenvalue weighted by Gasteiger charge is -2.39. The largest absolute Gasteiger partial charge is 0.357 e. The standard InChI is InChI=1S/C21H25NO/c1-4-5-13-22-19-12-8-11-16(15(2)3)21(19)18-10-7-6-9-17(18)20(22)14-23/h6-12,14-15,20H,4-5,13H2,1-3H3. The highest BCUT2D eigenvalue weighted by Gasteiger charge is 2.31. The number of aldehydes is 1. The van der Waals surface area contributed by atoms with Gasteiger partial charge in [0, 0.05) is 17.8 Å². The minimum absolute atomic E-state index is 0.173. The molecule has 0 radical (unpaired) electrons. The maximum Gasteiger partial charge on any atom is 0.147 e. The van der Waals surface area contributed by atoms with Gasteiger partial charge in [-0.3, -0.25) is 0 Å². The Morgan fingerprint density at radius 2 is 1.91 bits per heavy atom. The fourth-order valence-corrected chi connectivity index (χ4v) is 3.61. The highest BCUT2D eigenvalue weighted by Crippen LogP contribution is 2.47. The molecule has 23 heavy (non-hydrogen) atoms. The number of carbonyl (C=O) groups excluding carboxylic acids is 1. The van der Waals surface area contributed by atoms with Crippen LogP contribution in [0.4, 0.5) is 5.69 Å². The van der Waals surface area contributed by atoms with Gasteiger partial charge < -0.3 is 9.69 Å². The number of benzene rings is 2. The number of nitrogens with zero attached hydrogens (tertiary/aromatic N) is 1. The molecule has 1 atom stereocenters. The van der Waals surface area contributed by atoms with Crippen LogP contribution in [0.2, 0.25) is 0 Å². The first-order valence-electron chi connectivity index (χ1n) is 8.63. The first-order valence-corrected chi connectivity index (χ1v) is 8.63. The second kappa shape index (κ2) is 6.57. The molecule has 0 spiro atoms. The van der Waals surface area contributed by atoms with Crippen LogP contribution in [-0.4, -0.2) is 12.8 Å². The van der Waals surface area contributed by atoms with Crippen molar-refractivity contribution in [3.8, 4) is 11.1 Å². The van der Waals surface area contributed by atoms with E-state index in [4.69, 9.17) is 0 Å². The molecule has 0 bridgehead atoms. The summed E-state index contributed by atoms with van der Waals surface area (Å²) in [4.78, 5) is 14.2.